The van der Waals surface area contributed by atoms with Gasteiger partial charge < -0.3 is 10.5 Å². The highest BCUT2D eigenvalue weighted by molar-refractivity contribution is 7.99. The number of nitrogens with zero attached hydrogens (tertiary/aromatic N) is 1. The largest absolute Gasteiger partial charge is 0.399 e. The molecule has 112 valence electrons. The number of rotatable bonds is 5. The minimum absolute atomic E-state index is 0.338. The van der Waals surface area contributed by atoms with Crippen LogP contribution in [0.25, 0.3) is 0 Å². The zero-order chi connectivity index (χ0) is 14.5. The van der Waals surface area contributed by atoms with E-state index in [1.54, 1.807) is 0 Å². The number of anilines is 1. The molecular weight excluding hydrogens is 268 g/mol. The van der Waals surface area contributed by atoms with Crippen LogP contribution in [0, 0.1) is 12.8 Å². The third kappa shape index (κ3) is 4.69. The van der Waals surface area contributed by atoms with Crippen molar-refractivity contribution >= 4 is 17.4 Å². The van der Waals surface area contributed by atoms with Gasteiger partial charge in [0.1, 0.15) is 0 Å². The predicted molar refractivity (Wildman–Crippen MR) is 87.3 cm³/mol. The zero-order valence-electron chi connectivity index (χ0n) is 12.8. The molecule has 1 aliphatic rings. The van der Waals surface area contributed by atoms with Crippen molar-refractivity contribution < 1.29 is 4.74 Å². The molecule has 0 bridgehead atoms. The molecule has 1 atom stereocenters. The second-order valence-corrected chi connectivity index (χ2v) is 7.07. The molecule has 20 heavy (non-hydrogen) atoms. The smallest absolute Gasteiger partial charge is 0.0796 e. The molecule has 0 radical (unpaired) electrons. The van der Waals surface area contributed by atoms with Crippen molar-refractivity contribution in [1.29, 1.82) is 0 Å². The Morgan fingerprint density at radius 1 is 1.45 bits per heavy atom. The van der Waals surface area contributed by atoms with Crippen LogP contribution in [0.4, 0.5) is 5.69 Å². The van der Waals surface area contributed by atoms with Gasteiger partial charge in [-0.05, 0) is 36.6 Å². The van der Waals surface area contributed by atoms with Crippen molar-refractivity contribution in [3.8, 4) is 0 Å². The summed E-state index contributed by atoms with van der Waals surface area (Å²) in [7, 11) is 0. The van der Waals surface area contributed by atoms with Crippen LogP contribution < -0.4 is 5.73 Å². The van der Waals surface area contributed by atoms with Crippen LogP contribution in [-0.2, 0) is 4.74 Å². The van der Waals surface area contributed by atoms with Crippen LogP contribution in [0.2, 0.25) is 0 Å². The molecule has 0 amide bonds. The first-order valence-corrected chi connectivity index (χ1v) is 8.36. The molecule has 0 saturated carbocycles. The second-order valence-electron chi connectivity index (χ2n) is 5.98. The minimum Gasteiger partial charge on any atom is -0.399 e. The maximum Gasteiger partial charge on any atom is 0.0796 e. The Bertz CT molecular complexity index is 436. The number of hydrogen-bond acceptors (Lipinski definition) is 4. The molecule has 0 spiro atoms. The second kappa shape index (κ2) is 7.34. The summed E-state index contributed by atoms with van der Waals surface area (Å²) < 4.78 is 5.88. The fourth-order valence-corrected chi connectivity index (χ4v) is 3.49. The Kier molecular flexibility index (Phi) is 5.75. The molecule has 4 heteroatoms. The van der Waals surface area contributed by atoms with E-state index in [2.05, 4.69) is 37.8 Å². The third-order valence-electron chi connectivity index (χ3n) is 3.52. The molecule has 1 aliphatic heterocycles. The average molecular weight is 294 g/mol. The summed E-state index contributed by atoms with van der Waals surface area (Å²) in [6, 6.07) is 6.25. The van der Waals surface area contributed by atoms with E-state index in [4.69, 9.17) is 10.5 Å². The van der Waals surface area contributed by atoms with Gasteiger partial charge in [0.15, 0.2) is 0 Å². The fourth-order valence-electron chi connectivity index (χ4n) is 2.49. The van der Waals surface area contributed by atoms with Gasteiger partial charge in [-0.15, -0.1) is 11.8 Å². The highest BCUT2D eigenvalue weighted by atomic mass is 32.2. The first-order valence-electron chi connectivity index (χ1n) is 7.37. The zero-order valence-corrected chi connectivity index (χ0v) is 13.6. The quantitative estimate of drug-likeness (QED) is 0.669. The van der Waals surface area contributed by atoms with Crippen molar-refractivity contribution in [2.45, 2.75) is 31.8 Å². The molecule has 1 fully saturated rings. The Balaban J connectivity index is 1.82. The maximum absolute atomic E-state index is 5.88. The van der Waals surface area contributed by atoms with E-state index in [1.807, 2.05) is 17.8 Å². The summed E-state index contributed by atoms with van der Waals surface area (Å²) in [6.45, 7) is 10.8. The van der Waals surface area contributed by atoms with Gasteiger partial charge in [0, 0.05) is 36.0 Å². The van der Waals surface area contributed by atoms with Crippen molar-refractivity contribution in [2.24, 2.45) is 5.92 Å². The van der Waals surface area contributed by atoms with Crippen LogP contribution in [0.5, 0.6) is 0 Å². The van der Waals surface area contributed by atoms with Gasteiger partial charge in [0.25, 0.3) is 0 Å². The van der Waals surface area contributed by atoms with Crippen LogP contribution in [0.1, 0.15) is 19.4 Å². The minimum atomic E-state index is 0.338. The standard InChI is InChI=1S/C16H26N2OS/c1-12(2)9-18-6-7-19-14(10-18)11-20-15-4-5-16(17)13(3)8-15/h4-5,8,12,14H,6-7,9-11,17H2,1-3H3. The Morgan fingerprint density at radius 3 is 2.95 bits per heavy atom. The van der Waals surface area contributed by atoms with E-state index in [0.717, 1.165) is 42.6 Å². The first kappa shape index (κ1) is 15.7. The van der Waals surface area contributed by atoms with Gasteiger partial charge >= 0.3 is 0 Å². The number of nitrogens with two attached hydrogens (primary N) is 1. The molecule has 0 aromatic heterocycles. The van der Waals surface area contributed by atoms with Crippen molar-refractivity contribution in [3.63, 3.8) is 0 Å². The van der Waals surface area contributed by atoms with Crippen LogP contribution in [0.3, 0.4) is 0 Å². The molecule has 1 unspecified atom stereocenters. The lowest BCUT2D eigenvalue weighted by Gasteiger charge is -2.33. The topological polar surface area (TPSA) is 38.5 Å². The summed E-state index contributed by atoms with van der Waals surface area (Å²) in [5.74, 6) is 1.74. The lowest BCUT2D eigenvalue weighted by molar-refractivity contribution is -0.0191. The average Bonchev–Trinajstić information content (AvgIpc) is 2.40. The van der Waals surface area contributed by atoms with Gasteiger partial charge in [0.05, 0.1) is 12.7 Å². The molecule has 0 aliphatic carbocycles. The molecule has 1 saturated heterocycles. The summed E-state index contributed by atoms with van der Waals surface area (Å²) >= 11 is 1.86. The number of aryl methyl sites for hydroxylation is 1. The highest BCUT2D eigenvalue weighted by Gasteiger charge is 2.20. The third-order valence-corrected chi connectivity index (χ3v) is 4.65. The summed E-state index contributed by atoms with van der Waals surface area (Å²) in [5, 5.41) is 0. The van der Waals surface area contributed by atoms with Crippen molar-refractivity contribution in [3.05, 3.63) is 23.8 Å². The van der Waals surface area contributed by atoms with Crippen LogP contribution >= 0.6 is 11.8 Å². The molecule has 2 N–H and O–H groups in total. The van der Waals surface area contributed by atoms with Gasteiger partial charge in [-0.1, -0.05) is 13.8 Å². The van der Waals surface area contributed by atoms with Crippen LogP contribution in [-0.4, -0.2) is 43.0 Å². The Labute approximate surface area is 126 Å². The highest BCUT2D eigenvalue weighted by Crippen LogP contribution is 2.24. The van der Waals surface area contributed by atoms with Gasteiger partial charge in [-0.2, -0.15) is 0 Å². The van der Waals surface area contributed by atoms with E-state index in [1.165, 1.54) is 11.4 Å². The number of thioether (sulfide) groups is 1. The molecular formula is C16H26N2OS. The predicted octanol–water partition coefficient (Wildman–Crippen LogP) is 3.03. The van der Waals surface area contributed by atoms with Crippen molar-refractivity contribution in [2.75, 3.05) is 37.7 Å². The normalized spacial score (nSPS) is 20.5. The summed E-state index contributed by atoms with van der Waals surface area (Å²) in [4.78, 5) is 3.80. The molecule has 3 nitrogen and oxygen atoms in total. The SMILES string of the molecule is Cc1cc(SCC2CN(CC(C)C)CCO2)ccc1N. The van der Waals surface area contributed by atoms with Crippen LogP contribution in [0.15, 0.2) is 23.1 Å². The molecule has 2 rings (SSSR count). The lowest BCUT2D eigenvalue weighted by Crippen LogP contribution is -2.44. The lowest BCUT2D eigenvalue weighted by atomic mass is 10.2. The molecule has 1 aromatic rings. The summed E-state index contributed by atoms with van der Waals surface area (Å²) in [6.07, 6.45) is 0.338. The van der Waals surface area contributed by atoms with Crippen molar-refractivity contribution in [1.82, 2.24) is 4.90 Å². The first-order chi connectivity index (χ1) is 9.54. The number of nitrogen functional groups attached to an aromatic ring is 1. The number of morpholine rings is 1. The van der Waals surface area contributed by atoms with Gasteiger partial charge in [-0.3, -0.25) is 4.90 Å². The number of hydrogen-bond donors (Lipinski definition) is 1. The van der Waals surface area contributed by atoms with E-state index < -0.39 is 0 Å². The van der Waals surface area contributed by atoms with E-state index in [0.29, 0.717) is 6.10 Å². The Morgan fingerprint density at radius 2 is 2.25 bits per heavy atom. The number of ether oxygens (including phenoxy) is 1. The van der Waals surface area contributed by atoms with Gasteiger partial charge in [-0.25, -0.2) is 0 Å². The van der Waals surface area contributed by atoms with Gasteiger partial charge in [0.2, 0.25) is 0 Å². The summed E-state index contributed by atoms with van der Waals surface area (Å²) in [5.41, 5.74) is 7.87. The van der Waals surface area contributed by atoms with E-state index in [-0.39, 0.29) is 0 Å². The van der Waals surface area contributed by atoms with E-state index >= 15 is 0 Å². The molecule has 1 aromatic carbocycles. The van der Waals surface area contributed by atoms with E-state index in [9.17, 15) is 0 Å². The maximum atomic E-state index is 5.88. The monoisotopic (exact) mass is 294 g/mol. The fraction of sp³-hybridized carbons (Fsp3) is 0.625. The molecule has 1 heterocycles. The number of benzene rings is 1. The Hall–Kier alpha value is -0.710.